The Labute approximate surface area is 116 Å². The SMILES string of the molecule is O=C(O)c1c(OCC2CCOC2)ccc2ccccc12. The zero-order valence-corrected chi connectivity index (χ0v) is 11.0. The van der Waals surface area contributed by atoms with Crippen molar-refractivity contribution in [2.24, 2.45) is 5.92 Å². The van der Waals surface area contributed by atoms with Crippen molar-refractivity contribution in [2.45, 2.75) is 6.42 Å². The summed E-state index contributed by atoms with van der Waals surface area (Å²) in [5.74, 6) is -0.175. The first-order valence-corrected chi connectivity index (χ1v) is 6.71. The Morgan fingerprint density at radius 2 is 2.15 bits per heavy atom. The summed E-state index contributed by atoms with van der Waals surface area (Å²) in [5.41, 5.74) is 0.238. The van der Waals surface area contributed by atoms with Crippen molar-refractivity contribution < 1.29 is 19.4 Å². The molecule has 0 aromatic heterocycles. The van der Waals surface area contributed by atoms with Crippen molar-refractivity contribution in [2.75, 3.05) is 19.8 Å². The monoisotopic (exact) mass is 272 g/mol. The first-order chi connectivity index (χ1) is 9.75. The third-order valence-corrected chi connectivity index (χ3v) is 3.60. The molecule has 4 nitrogen and oxygen atoms in total. The molecule has 20 heavy (non-hydrogen) atoms. The minimum atomic E-state index is -0.959. The van der Waals surface area contributed by atoms with Gasteiger partial charge in [-0.1, -0.05) is 30.3 Å². The number of carboxylic acids is 1. The molecule has 104 valence electrons. The highest BCUT2D eigenvalue weighted by molar-refractivity contribution is 6.06. The Morgan fingerprint density at radius 1 is 1.30 bits per heavy atom. The minimum absolute atomic E-state index is 0.238. The van der Waals surface area contributed by atoms with Crippen LogP contribution in [-0.2, 0) is 4.74 Å². The molecular formula is C16H16O4. The number of carboxylic acid groups (broad SMARTS) is 1. The van der Waals surface area contributed by atoms with E-state index in [0.717, 1.165) is 18.4 Å². The zero-order valence-electron chi connectivity index (χ0n) is 11.0. The summed E-state index contributed by atoms with van der Waals surface area (Å²) in [6, 6.07) is 11.1. The Kier molecular flexibility index (Phi) is 3.56. The van der Waals surface area contributed by atoms with E-state index in [0.29, 0.717) is 30.3 Å². The van der Waals surface area contributed by atoms with Gasteiger partial charge in [0.05, 0.1) is 13.2 Å². The van der Waals surface area contributed by atoms with E-state index in [1.165, 1.54) is 0 Å². The average Bonchev–Trinajstić information content (AvgIpc) is 2.97. The quantitative estimate of drug-likeness (QED) is 0.929. The Morgan fingerprint density at radius 3 is 2.90 bits per heavy atom. The molecule has 1 aliphatic rings. The molecule has 0 spiro atoms. The van der Waals surface area contributed by atoms with Gasteiger partial charge >= 0.3 is 5.97 Å². The summed E-state index contributed by atoms with van der Waals surface area (Å²) >= 11 is 0. The maximum Gasteiger partial charge on any atom is 0.340 e. The normalized spacial score (nSPS) is 18.3. The molecule has 1 atom stereocenters. The van der Waals surface area contributed by atoms with Crippen LogP contribution in [0, 0.1) is 5.92 Å². The smallest absolute Gasteiger partial charge is 0.340 e. The Bertz CT molecular complexity index is 629. The van der Waals surface area contributed by atoms with Gasteiger partial charge in [0, 0.05) is 12.5 Å². The van der Waals surface area contributed by atoms with Gasteiger partial charge in [0.2, 0.25) is 0 Å². The van der Waals surface area contributed by atoms with Gasteiger partial charge in [-0.15, -0.1) is 0 Å². The van der Waals surface area contributed by atoms with Crippen LogP contribution in [0.1, 0.15) is 16.8 Å². The van der Waals surface area contributed by atoms with Gasteiger partial charge in [-0.3, -0.25) is 0 Å². The van der Waals surface area contributed by atoms with E-state index >= 15 is 0 Å². The topological polar surface area (TPSA) is 55.8 Å². The van der Waals surface area contributed by atoms with E-state index in [9.17, 15) is 9.90 Å². The number of ether oxygens (including phenoxy) is 2. The molecule has 3 rings (SSSR count). The van der Waals surface area contributed by atoms with Crippen LogP contribution in [0.4, 0.5) is 0 Å². The van der Waals surface area contributed by atoms with Crippen LogP contribution in [0.25, 0.3) is 10.8 Å². The van der Waals surface area contributed by atoms with E-state index in [-0.39, 0.29) is 5.56 Å². The summed E-state index contributed by atoms with van der Waals surface area (Å²) in [5, 5.41) is 11.1. The van der Waals surface area contributed by atoms with Crippen molar-refractivity contribution in [3.63, 3.8) is 0 Å². The fraction of sp³-hybridized carbons (Fsp3) is 0.312. The number of benzene rings is 2. The van der Waals surface area contributed by atoms with Crippen molar-refractivity contribution in [1.29, 1.82) is 0 Å². The molecule has 0 amide bonds. The third kappa shape index (κ3) is 2.47. The largest absolute Gasteiger partial charge is 0.492 e. The lowest BCUT2D eigenvalue weighted by Gasteiger charge is -2.14. The standard InChI is InChI=1S/C16H16O4/c17-16(18)15-13-4-2-1-3-12(13)5-6-14(15)20-10-11-7-8-19-9-11/h1-6,11H,7-10H2,(H,17,18). The molecule has 0 aliphatic carbocycles. The number of aromatic carboxylic acids is 1. The fourth-order valence-corrected chi connectivity index (χ4v) is 2.51. The summed E-state index contributed by atoms with van der Waals surface area (Å²) in [4.78, 5) is 11.5. The second kappa shape index (κ2) is 5.51. The van der Waals surface area contributed by atoms with Crippen LogP contribution in [0.15, 0.2) is 36.4 Å². The van der Waals surface area contributed by atoms with E-state index < -0.39 is 5.97 Å². The predicted octanol–water partition coefficient (Wildman–Crippen LogP) is 2.95. The Hall–Kier alpha value is -2.07. The molecule has 1 heterocycles. The van der Waals surface area contributed by atoms with Crippen LogP contribution < -0.4 is 4.74 Å². The maximum absolute atomic E-state index is 11.5. The van der Waals surface area contributed by atoms with Gasteiger partial charge in [-0.2, -0.15) is 0 Å². The summed E-state index contributed by atoms with van der Waals surface area (Å²) < 4.78 is 11.0. The third-order valence-electron chi connectivity index (χ3n) is 3.60. The van der Waals surface area contributed by atoms with E-state index in [2.05, 4.69) is 0 Å². The van der Waals surface area contributed by atoms with Gasteiger partial charge < -0.3 is 14.6 Å². The molecule has 2 aromatic rings. The van der Waals surface area contributed by atoms with Crippen molar-refractivity contribution in [1.82, 2.24) is 0 Å². The predicted molar refractivity (Wildman–Crippen MR) is 75.3 cm³/mol. The summed E-state index contributed by atoms with van der Waals surface area (Å²) in [7, 11) is 0. The van der Waals surface area contributed by atoms with Crippen LogP contribution in [0.2, 0.25) is 0 Å². The lowest BCUT2D eigenvalue weighted by molar-refractivity contribution is 0.0693. The van der Waals surface area contributed by atoms with Crippen LogP contribution in [0.3, 0.4) is 0 Å². The molecule has 1 unspecified atom stereocenters. The zero-order chi connectivity index (χ0) is 13.9. The highest BCUT2D eigenvalue weighted by atomic mass is 16.5. The first kappa shape index (κ1) is 12.9. The molecule has 0 radical (unpaired) electrons. The van der Waals surface area contributed by atoms with E-state index in [1.807, 2.05) is 30.3 Å². The molecule has 1 aliphatic heterocycles. The van der Waals surface area contributed by atoms with Crippen LogP contribution >= 0.6 is 0 Å². The molecule has 1 fully saturated rings. The molecule has 4 heteroatoms. The lowest BCUT2D eigenvalue weighted by Crippen LogP contribution is -2.13. The number of carbonyl (C=O) groups is 1. The van der Waals surface area contributed by atoms with Crippen molar-refractivity contribution in [3.8, 4) is 5.75 Å². The van der Waals surface area contributed by atoms with Gasteiger partial charge in [-0.05, 0) is 23.3 Å². The van der Waals surface area contributed by atoms with E-state index in [4.69, 9.17) is 9.47 Å². The number of hydrogen-bond donors (Lipinski definition) is 1. The molecule has 0 bridgehead atoms. The number of rotatable bonds is 4. The fourth-order valence-electron chi connectivity index (χ4n) is 2.51. The highest BCUT2D eigenvalue weighted by Crippen LogP contribution is 2.29. The molecule has 2 aromatic carbocycles. The average molecular weight is 272 g/mol. The maximum atomic E-state index is 11.5. The van der Waals surface area contributed by atoms with Gasteiger partial charge in [0.15, 0.2) is 0 Å². The second-order valence-electron chi connectivity index (χ2n) is 5.01. The summed E-state index contributed by atoms with van der Waals surface area (Å²) in [6.45, 7) is 1.95. The van der Waals surface area contributed by atoms with Gasteiger partial charge in [0.1, 0.15) is 11.3 Å². The van der Waals surface area contributed by atoms with Crippen LogP contribution in [0.5, 0.6) is 5.75 Å². The molecule has 1 N–H and O–H groups in total. The highest BCUT2D eigenvalue weighted by Gasteiger charge is 2.19. The lowest BCUT2D eigenvalue weighted by atomic mass is 10.0. The van der Waals surface area contributed by atoms with Crippen LogP contribution in [-0.4, -0.2) is 30.9 Å². The summed E-state index contributed by atoms with van der Waals surface area (Å²) in [6.07, 6.45) is 0.968. The van der Waals surface area contributed by atoms with Gasteiger partial charge in [-0.25, -0.2) is 4.79 Å². The van der Waals surface area contributed by atoms with Gasteiger partial charge in [0.25, 0.3) is 0 Å². The number of hydrogen-bond acceptors (Lipinski definition) is 3. The van der Waals surface area contributed by atoms with Crippen molar-refractivity contribution in [3.05, 3.63) is 42.0 Å². The number of fused-ring (bicyclic) bond motifs is 1. The minimum Gasteiger partial charge on any atom is -0.492 e. The molecular weight excluding hydrogens is 256 g/mol. The first-order valence-electron chi connectivity index (χ1n) is 6.71. The molecule has 1 saturated heterocycles. The molecule has 0 saturated carbocycles. The van der Waals surface area contributed by atoms with E-state index in [1.54, 1.807) is 6.07 Å². The second-order valence-corrected chi connectivity index (χ2v) is 5.01. The Balaban J connectivity index is 1.92. The van der Waals surface area contributed by atoms with Crippen molar-refractivity contribution >= 4 is 16.7 Å².